The molecule has 3 heteroatoms. The van der Waals surface area contributed by atoms with Crippen LogP contribution < -0.4 is 0 Å². The van der Waals surface area contributed by atoms with Gasteiger partial charge in [-0.25, -0.2) is 4.79 Å². The molecule has 46 heavy (non-hydrogen) atoms. The van der Waals surface area contributed by atoms with Crippen LogP contribution in [0.1, 0.15) is 109 Å². The third-order valence-corrected chi connectivity index (χ3v) is 13.5. The average Bonchev–Trinajstić information content (AvgIpc) is 3.43. The van der Waals surface area contributed by atoms with Crippen molar-refractivity contribution in [1.29, 1.82) is 0 Å². The van der Waals surface area contributed by atoms with Crippen LogP contribution in [-0.2, 0) is 4.74 Å². The van der Waals surface area contributed by atoms with Crippen molar-refractivity contribution in [3.8, 4) is 0 Å². The van der Waals surface area contributed by atoms with E-state index in [2.05, 4.69) is 56.3 Å². The van der Waals surface area contributed by atoms with Gasteiger partial charge < -0.3 is 4.74 Å². The quantitative estimate of drug-likeness (QED) is 0.167. The fourth-order valence-electron chi connectivity index (χ4n) is 11.2. The molecule has 4 aliphatic rings. The van der Waals surface area contributed by atoms with Gasteiger partial charge in [0.1, 0.15) is 6.10 Å². The van der Waals surface area contributed by atoms with Crippen LogP contribution in [0.3, 0.4) is 0 Å². The minimum atomic E-state index is -0.256. The van der Waals surface area contributed by atoms with Crippen molar-refractivity contribution in [2.45, 2.75) is 83.7 Å². The molecule has 0 aliphatic heterocycles. The second kappa shape index (κ2) is 11.5. The third-order valence-electron chi connectivity index (χ3n) is 13.5. The fourth-order valence-corrected chi connectivity index (χ4v) is 11.2. The Bertz CT molecular complexity index is 1750. The van der Waals surface area contributed by atoms with Gasteiger partial charge >= 0.3 is 5.97 Å². The topological polar surface area (TPSA) is 43.4 Å². The smallest absolute Gasteiger partial charge is 0.338 e. The molecule has 4 aliphatic carbocycles. The van der Waals surface area contributed by atoms with E-state index in [-0.39, 0.29) is 23.3 Å². The number of fused-ring (bicyclic) bond motifs is 6. The van der Waals surface area contributed by atoms with Gasteiger partial charge in [-0.2, -0.15) is 0 Å². The number of carbonyl (C=O) groups is 2. The molecular formula is C43H46O3. The fraction of sp³-hybridized carbons (Fsp3) is 0.442. The van der Waals surface area contributed by atoms with E-state index in [0.29, 0.717) is 33.9 Å². The van der Waals surface area contributed by atoms with Crippen LogP contribution in [0.4, 0.5) is 0 Å². The zero-order valence-electron chi connectivity index (χ0n) is 27.3. The summed E-state index contributed by atoms with van der Waals surface area (Å²) in [6.07, 6.45) is 11.1. The predicted octanol–water partition coefficient (Wildman–Crippen LogP) is 10.4. The Morgan fingerprint density at radius 3 is 2.11 bits per heavy atom. The van der Waals surface area contributed by atoms with E-state index in [1.54, 1.807) is 29.8 Å². The zero-order valence-corrected chi connectivity index (χ0v) is 27.3. The number of esters is 1. The van der Waals surface area contributed by atoms with Crippen LogP contribution >= 0.6 is 0 Å². The third kappa shape index (κ3) is 4.76. The summed E-state index contributed by atoms with van der Waals surface area (Å²) in [4.78, 5) is 26.3. The summed E-state index contributed by atoms with van der Waals surface area (Å²) in [7, 11) is 0. The number of ether oxygens (including phenoxy) is 1. The van der Waals surface area contributed by atoms with Gasteiger partial charge in [0.25, 0.3) is 0 Å². The second-order valence-electron chi connectivity index (χ2n) is 15.4. The summed E-state index contributed by atoms with van der Waals surface area (Å²) >= 11 is 0. The van der Waals surface area contributed by atoms with Gasteiger partial charge in [0.2, 0.25) is 0 Å². The molecule has 4 fully saturated rings. The van der Waals surface area contributed by atoms with Crippen LogP contribution in [-0.4, -0.2) is 17.9 Å². The van der Waals surface area contributed by atoms with E-state index < -0.39 is 0 Å². The number of carbonyl (C=O) groups excluding carboxylic acids is 2. The highest BCUT2D eigenvalue weighted by Crippen LogP contribution is 2.68. The van der Waals surface area contributed by atoms with E-state index in [1.165, 1.54) is 49.3 Å². The molecule has 4 aromatic carbocycles. The summed E-state index contributed by atoms with van der Waals surface area (Å²) in [5.74, 6) is 3.19. The minimum Gasteiger partial charge on any atom is -0.458 e. The molecule has 8 atom stereocenters. The lowest BCUT2D eigenvalue weighted by molar-refractivity contribution is -0.127. The summed E-state index contributed by atoms with van der Waals surface area (Å²) < 4.78 is 6.36. The normalized spacial score (nSPS) is 33.4. The summed E-state index contributed by atoms with van der Waals surface area (Å²) in [6, 6.07) is 32.2. The summed E-state index contributed by atoms with van der Waals surface area (Å²) in [6.45, 7) is 5.09. The molecule has 0 radical (unpaired) electrons. The van der Waals surface area contributed by atoms with E-state index in [9.17, 15) is 9.59 Å². The molecule has 0 amide bonds. The van der Waals surface area contributed by atoms with Crippen molar-refractivity contribution in [1.82, 2.24) is 0 Å². The number of ketones is 1. The van der Waals surface area contributed by atoms with Gasteiger partial charge in [-0.05, 0) is 115 Å². The summed E-state index contributed by atoms with van der Waals surface area (Å²) in [5, 5.41) is 2.83. The Morgan fingerprint density at radius 2 is 1.28 bits per heavy atom. The largest absolute Gasteiger partial charge is 0.458 e. The minimum absolute atomic E-state index is 0.0340. The highest BCUT2D eigenvalue weighted by atomic mass is 16.5. The van der Waals surface area contributed by atoms with Gasteiger partial charge in [-0.15, -0.1) is 0 Å². The molecule has 0 bridgehead atoms. The van der Waals surface area contributed by atoms with Gasteiger partial charge in [-0.3, -0.25) is 4.79 Å². The molecular weight excluding hydrogens is 564 g/mol. The van der Waals surface area contributed by atoms with Gasteiger partial charge in [-0.1, -0.05) is 105 Å². The van der Waals surface area contributed by atoms with Crippen molar-refractivity contribution in [2.24, 2.45) is 34.5 Å². The Morgan fingerprint density at radius 1 is 0.609 bits per heavy atom. The van der Waals surface area contributed by atoms with Crippen molar-refractivity contribution >= 4 is 22.5 Å². The maximum atomic E-state index is 13.4. The molecule has 236 valence electrons. The van der Waals surface area contributed by atoms with Crippen LogP contribution in [0.25, 0.3) is 10.8 Å². The first kappa shape index (κ1) is 29.7. The van der Waals surface area contributed by atoms with Gasteiger partial charge in [0, 0.05) is 16.5 Å². The standard InChI is InChI=1S/C43H46O3/c1-42-26-9-16-34(33-15-8-13-28-10-6-7-14-32(28)33)36(42)22-21-35-37-23-24-39(43(37,2)27-25-38(35)42)46-41(45)31-19-17-30(18-20-31)40(44)29-11-4-3-5-12-29/h3-8,10-15,17-20,34-39H,9,16,21-27H2,1-2H3. The molecule has 8 rings (SSSR count). The molecule has 8 unspecified atom stereocenters. The molecule has 3 nitrogen and oxygen atoms in total. The number of hydrogen-bond acceptors (Lipinski definition) is 3. The van der Waals surface area contributed by atoms with Crippen LogP contribution in [0.2, 0.25) is 0 Å². The van der Waals surface area contributed by atoms with E-state index in [1.807, 2.05) is 30.3 Å². The molecule has 0 saturated heterocycles. The Kier molecular flexibility index (Phi) is 7.42. The monoisotopic (exact) mass is 610 g/mol. The number of hydrogen-bond donors (Lipinski definition) is 0. The van der Waals surface area contributed by atoms with Crippen LogP contribution in [0, 0.1) is 34.5 Å². The first-order valence-corrected chi connectivity index (χ1v) is 17.8. The van der Waals surface area contributed by atoms with Crippen molar-refractivity contribution < 1.29 is 14.3 Å². The van der Waals surface area contributed by atoms with E-state index >= 15 is 0 Å². The van der Waals surface area contributed by atoms with Crippen LogP contribution in [0.5, 0.6) is 0 Å². The van der Waals surface area contributed by atoms with Gasteiger partial charge in [0.05, 0.1) is 5.56 Å². The Hall–Kier alpha value is -3.72. The SMILES string of the molecule is CC12CCC3C(CCC4C(c5cccc6ccccc56)CCCC43C)C1CCC2OC(=O)c1ccc(C(=O)c2ccccc2)cc1. The van der Waals surface area contributed by atoms with E-state index in [4.69, 9.17) is 4.74 Å². The number of benzene rings is 4. The first-order chi connectivity index (χ1) is 22.4. The lowest BCUT2D eigenvalue weighted by atomic mass is 9.43. The number of rotatable bonds is 5. The van der Waals surface area contributed by atoms with E-state index in [0.717, 1.165) is 37.0 Å². The molecule has 0 N–H and O–H groups in total. The molecule has 4 saturated carbocycles. The van der Waals surface area contributed by atoms with Crippen molar-refractivity contribution in [3.05, 3.63) is 119 Å². The lowest BCUT2D eigenvalue weighted by Gasteiger charge is -2.62. The maximum Gasteiger partial charge on any atom is 0.338 e. The van der Waals surface area contributed by atoms with Crippen LogP contribution in [0.15, 0.2) is 97.1 Å². The van der Waals surface area contributed by atoms with Crippen molar-refractivity contribution in [3.63, 3.8) is 0 Å². The Balaban J connectivity index is 0.980. The first-order valence-electron chi connectivity index (χ1n) is 17.8. The second-order valence-corrected chi connectivity index (χ2v) is 15.4. The molecule has 4 aromatic rings. The molecule has 0 aromatic heterocycles. The van der Waals surface area contributed by atoms with Crippen molar-refractivity contribution in [2.75, 3.05) is 0 Å². The van der Waals surface area contributed by atoms with Gasteiger partial charge in [0.15, 0.2) is 5.78 Å². The molecule has 0 heterocycles. The Labute approximate surface area is 273 Å². The zero-order chi connectivity index (χ0) is 31.5. The highest BCUT2D eigenvalue weighted by Gasteiger charge is 2.61. The highest BCUT2D eigenvalue weighted by molar-refractivity contribution is 6.09. The predicted molar refractivity (Wildman–Crippen MR) is 184 cm³/mol. The average molecular weight is 611 g/mol. The molecule has 0 spiro atoms. The maximum absolute atomic E-state index is 13.4. The summed E-state index contributed by atoms with van der Waals surface area (Å²) in [5.41, 5.74) is 3.76. The lowest BCUT2D eigenvalue weighted by Crippen LogP contribution is -2.54.